The number of anilines is 1. The third-order valence-electron chi connectivity index (χ3n) is 18.6. The number of methoxy groups -OCH3 is 2. The van der Waals surface area contributed by atoms with E-state index in [1.54, 1.807) is 64.6 Å². The first-order chi connectivity index (χ1) is 55.2. The van der Waals surface area contributed by atoms with Gasteiger partial charge in [-0.3, -0.25) is 14.5 Å². The molecule has 10 rings (SSSR count). The van der Waals surface area contributed by atoms with Crippen LogP contribution in [0.5, 0.6) is 28.9 Å². The van der Waals surface area contributed by atoms with Crippen LogP contribution in [-0.2, 0) is 61.4 Å². The Balaban J connectivity index is 0.00000206. The SMILES string of the molecule is CNCc1cc(NC(=O)[C@H](CCCNC(N)=O)NC(=O)[C@@H](NC(=O)OCCN=[N+]=[N-])C(C)C)ccc1C[N+]1(C)CCN(CCOc2ccc(-c3c(-c4ccc(F)cc4)sc4ncnc(O[C@H](Cc5ccccc5OCc5ccnc(-c6ccccc6OC)n5)C(=O)OCc5ccc(OC)cc5)c34)c(C)c2Cl)CC1.O=C([O-])C(F)(F)F. The lowest BCUT2D eigenvalue weighted by Crippen LogP contribution is -2.57. The average molecular weight is 1630 g/mol. The number of nitrogens with one attached hydrogen (secondary N) is 5. The van der Waals surface area contributed by atoms with E-state index in [-0.39, 0.29) is 51.6 Å². The highest BCUT2D eigenvalue weighted by molar-refractivity contribution is 7.22. The van der Waals surface area contributed by atoms with Gasteiger partial charge in [0.05, 0.1) is 69.2 Å². The van der Waals surface area contributed by atoms with Crippen molar-refractivity contribution >= 4 is 74.7 Å². The minimum atomic E-state index is -5.19. The molecule has 608 valence electrons. The number of alkyl carbamates (subject to hydrolysis) is 1. The Hall–Kier alpha value is -11.9. The number of thiophene rings is 1. The van der Waals surface area contributed by atoms with Gasteiger partial charge in [-0.25, -0.2) is 38.7 Å². The Morgan fingerprint density at radius 2 is 1.53 bits per heavy atom. The number of benzene rings is 6. The maximum Gasteiger partial charge on any atom is 0.430 e. The number of nitrogens with zero attached hydrogens (tertiary/aromatic N) is 9. The fourth-order valence-corrected chi connectivity index (χ4v) is 13.8. The Kier molecular flexibility index (Phi) is 31.6. The van der Waals surface area contributed by atoms with E-state index in [1.807, 2.05) is 105 Å². The third-order valence-corrected chi connectivity index (χ3v) is 20.2. The monoisotopic (exact) mass is 1630 g/mol. The third kappa shape index (κ3) is 24.8. The molecule has 1 aliphatic heterocycles. The van der Waals surface area contributed by atoms with Crippen molar-refractivity contribution in [2.24, 2.45) is 16.8 Å². The fraction of sp³-hybridized carbons (Fsp3) is 0.350. The standard InChI is InChI=1S/C78H87ClFN15O12S.C2HF3O2/c1-48(2)69(92-78(100)104-39-33-88-93-82)73(97)91-61(15-12-31-85-77(81)99)72(96)90-56-25-22-53(54(41-56)43-83-4)44-95(5)37-34-94(35-38-95)36-40-103-64-29-28-59(49(3)68(64)79)66-67-74(86-47-87-75(67)108-70(66)51-20-23-55(80)24-21-51)107-65(76(98)106-45-50-18-26-58(101-6)27-19-50)42-52-13-8-10-16-62(52)105-46-57-30-32-84-71(89-57)60-14-9-11-17-63(60)102-7;3-2(4,5)1(6)7/h8-11,13-14,16-30,32,41,47-48,61,65,69,83H,12,15,31,33-40,42-46H2,1-7H3,(H5-,81,85,90,91,92,96,97,99,100);(H,6,7)/t61-,65+,69-;/m0./s1. The molecule has 9 aromatic rings. The number of alkyl halides is 3. The number of aliphatic carboxylic acids is 1. The first kappa shape index (κ1) is 87.0. The summed E-state index contributed by atoms with van der Waals surface area (Å²) in [4.78, 5) is 100. The number of halogens is 5. The minimum Gasteiger partial charge on any atom is -0.542 e. The van der Waals surface area contributed by atoms with E-state index in [2.05, 4.69) is 53.5 Å². The van der Waals surface area contributed by atoms with Gasteiger partial charge >= 0.3 is 24.3 Å². The van der Waals surface area contributed by atoms with Crippen LogP contribution in [0.25, 0.3) is 53.6 Å². The summed E-state index contributed by atoms with van der Waals surface area (Å²) in [7, 11) is 7.25. The van der Waals surface area contributed by atoms with Crippen molar-refractivity contribution in [2.45, 2.75) is 90.7 Å². The summed E-state index contributed by atoms with van der Waals surface area (Å²) in [5, 5.41) is 27.1. The Bertz CT molecular complexity index is 4900. The molecule has 1 fully saturated rings. The van der Waals surface area contributed by atoms with E-state index >= 15 is 0 Å². The van der Waals surface area contributed by atoms with Gasteiger partial charge in [-0.05, 0) is 138 Å². The van der Waals surface area contributed by atoms with Crippen LogP contribution in [0.4, 0.5) is 32.8 Å². The number of carbonyl (C=O) groups is 6. The van der Waals surface area contributed by atoms with Crippen LogP contribution in [0.1, 0.15) is 60.2 Å². The lowest BCUT2D eigenvalue weighted by atomic mass is 9.96. The van der Waals surface area contributed by atoms with E-state index in [4.69, 9.17) is 80.9 Å². The first-order valence-electron chi connectivity index (χ1n) is 36.5. The van der Waals surface area contributed by atoms with Crippen molar-refractivity contribution < 1.29 is 89.1 Å². The van der Waals surface area contributed by atoms with Crippen molar-refractivity contribution in [1.29, 1.82) is 0 Å². The molecule has 115 heavy (non-hydrogen) atoms. The van der Waals surface area contributed by atoms with Crippen molar-refractivity contribution in [3.8, 4) is 61.8 Å². The van der Waals surface area contributed by atoms with Crippen molar-refractivity contribution in [2.75, 3.05) is 92.7 Å². The number of urea groups is 1. The van der Waals surface area contributed by atoms with Crippen LogP contribution >= 0.6 is 22.9 Å². The number of azide groups is 1. The van der Waals surface area contributed by atoms with E-state index in [1.165, 1.54) is 29.8 Å². The number of amides is 5. The smallest absolute Gasteiger partial charge is 0.430 e. The number of quaternary nitrogens is 1. The number of carboxylic acids is 1. The molecule has 3 aromatic heterocycles. The highest BCUT2D eigenvalue weighted by Gasteiger charge is 2.35. The van der Waals surface area contributed by atoms with Crippen LogP contribution in [-0.4, -0.2) is 177 Å². The van der Waals surface area contributed by atoms with Crippen LogP contribution in [0.2, 0.25) is 5.02 Å². The van der Waals surface area contributed by atoms with Gasteiger partial charge in [-0.15, -0.1) is 11.3 Å². The Morgan fingerprint density at radius 1 is 0.809 bits per heavy atom. The topological polar surface area (TPSA) is 380 Å². The molecule has 5 amide bonds. The second-order valence-electron chi connectivity index (χ2n) is 27.1. The average Bonchev–Trinajstić information content (AvgIpc) is 1.60. The van der Waals surface area contributed by atoms with Gasteiger partial charge in [0.25, 0.3) is 0 Å². The van der Waals surface area contributed by atoms with Gasteiger partial charge in [0, 0.05) is 71.9 Å². The Labute approximate surface area is 669 Å². The number of likely N-dealkylation sites (N-methyl/N-ethyl adjacent to an activating group) is 1. The number of hydrogen-bond acceptors (Lipinski definition) is 22. The van der Waals surface area contributed by atoms with Crippen LogP contribution in [0.15, 0.2) is 151 Å². The van der Waals surface area contributed by atoms with Gasteiger partial charge in [0.2, 0.25) is 23.8 Å². The maximum atomic E-state index is 14.7. The summed E-state index contributed by atoms with van der Waals surface area (Å²) in [6.45, 7) is 10.7. The molecule has 29 nitrogen and oxygen atoms in total. The molecule has 1 aliphatic rings. The molecule has 0 aliphatic carbocycles. The number of para-hydroxylation sites is 2. The number of aromatic nitrogens is 4. The second-order valence-corrected chi connectivity index (χ2v) is 28.5. The zero-order valence-corrected chi connectivity index (χ0v) is 65.7. The molecule has 0 unspecified atom stereocenters. The number of carbonyl (C=O) groups excluding carboxylic acids is 6. The minimum absolute atomic E-state index is 0.0147. The number of carboxylic acid groups (broad SMARTS) is 1. The largest absolute Gasteiger partial charge is 0.542 e. The molecule has 7 N–H and O–H groups in total. The van der Waals surface area contributed by atoms with E-state index in [9.17, 15) is 41.5 Å². The van der Waals surface area contributed by atoms with Crippen molar-refractivity contribution in [3.63, 3.8) is 0 Å². The summed E-state index contributed by atoms with van der Waals surface area (Å²) in [5.74, 6) is -2.84. The van der Waals surface area contributed by atoms with Gasteiger partial charge in [0.15, 0.2) is 5.82 Å². The number of piperazine rings is 1. The molecular formula is C80H88ClF4N15O14S. The second kappa shape index (κ2) is 41.7. The lowest BCUT2D eigenvalue weighted by molar-refractivity contribution is -0.926. The molecule has 0 saturated carbocycles. The zero-order valence-electron chi connectivity index (χ0n) is 64.1. The van der Waals surface area contributed by atoms with E-state index < -0.39 is 72.0 Å². The van der Waals surface area contributed by atoms with E-state index in [0.29, 0.717) is 116 Å². The predicted molar refractivity (Wildman–Crippen MR) is 420 cm³/mol. The fourth-order valence-electron chi connectivity index (χ4n) is 12.5. The van der Waals surface area contributed by atoms with Gasteiger partial charge < -0.3 is 79.9 Å². The predicted octanol–water partition coefficient (Wildman–Crippen LogP) is 11.2. The number of ether oxygens (including phenoxy) is 7. The molecule has 35 heteroatoms. The molecule has 6 aromatic carbocycles. The molecule has 0 bridgehead atoms. The quantitative estimate of drug-likeness (QED) is 0.00404. The van der Waals surface area contributed by atoms with Crippen LogP contribution < -0.4 is 61.1 Å². The van der Waals surface area contributed by atoms with Crippen molar-refractivity contribution in [3.05, 3.63) is 201 Å². The molecule has 0 spiro atoms. The number of hydrogen-bond donors (Lipinski definition) is 6. The summed E-state index contributed by atoms with van der Waals surface area (Å²) < 4.78 is 89.0. The number of rotatable bonds is 36. The molecule has 1 saturated heterocycles. The summed E-state index contributed by atoms with van der Waals surface area (Å²) >= 11 is 8.73. The molecule has 4 heterocycles. The molecule has 0 radical (unpaired) electrons. The zero-order chi connectivity index (χ0) is 82.8. The number of fused-ring (bicyclic) bond motifs is 1. The highest BCUT2D eigenvalue weighted by Crippen LogP contribution is 2.50. The van der Waals surface area contributed by atoms with Crippen LogP contribution in [0.3, 0.4) is 0 Å². The number of nitrogens with two attached hydrogens (primary N) is 1. The van der Waals surface area contributed by atoms with E-state index in [0.717, 1.165) is 57.8 Å². The van der Waals surface area contributed by atoms with Gasteiger partial charge in [-0.1, -0.05) is 97.3 Å². The summed E-state index contributed by atoms with van der Waals surface area (Å²) in [5.41, 5.74) is 21.8. The highest BCUT2D eigenvalue weighted by atomic mass is 35.5. The first-order valence-corrected chi connectivity index (χ1v) is 37.6. The molecular weight excluding hydrogens is 1540 g/mol. The van der Waals surface area contributed by atoms with Gasteiger partial charge in [-0.2, -0.15) is 13.2 Å². The summed E-state index contributed by atoms with van der Waals surface area (Å²) in [6, 6.07) is 36.6. The maximum absolute atomic E-state index is 14.7. The number of primary amides is 1. The molecule has 3 atom stereocenters. The normalized spacial score (nSPS) is 13.3. The lowest BCUT2D eigenvalue weighted by Gasteiger charge is -2.42. The number of esters is 1. The Morgan fingerprint density at radius 3 is 2.22 bits per heavy atom. The van der Waals surface area contributed by atoms with Crippen molar-refractivity contribution in [1.82, 2.24) is 46.1 Å². The van der Waals surface area contributed by atoms with Gasteiger partial charge in [0.1, 0.15) is 84.4 Å². The van der Waals surface area contributed by atoms with Crippen LogP contribution in [0, 0.1) is 18.7 Å². The summed E-state index contributed by atoms with van der Waals surface area (Å²) in [6.07, 6.45) is -3.93.